The fourth-order valence-electron chi connectivity index (χ4n) is 3.19. The second-order valence-electron chi connectivity index (χ2n) is 5.31. The van der Waals surface area contributed by atoms with Crippen LogP contribution in [0.25, 0.3) is 0 Å². The molecule has 1 saturated heterocycles. The zero-order valence-electron chi connectivity index (χ0n) is 10.7. The first-order valence-corrected chi connectivity index (χ1v) is 7.69. The summed E-state index contributed by atoms with van der Waals surface area (Å²) in [5, 5.41) is 0. The van der Waals surface area contributed by atoms with E-state index < -0.39 is 0 Å². The normalized spacial score (nSPS) is 30.0. The van der Waals surface area contributed by atoms with E-state index in [1.165, 1.54) is 4.90 Å². The maximum absolute atomic E-state index is 12.4. The Bertz CT molecular complexity index is 505. The fourth-order valence-corrected chi connectivity index (χ4v) is 3.51. The summed E-state index contributed by atoms with van der Waals surface area (Å²) in [6, 6.07) is 3.61. The standard InChI is InChI=1S/C14H15IN2O2/c1-2-8-5-10-11(6-8)14(19)17(13(10)18)12-4-3-9(15)7-16-12/h3-4,7-8,10-11H,2,5-6H2,1H3. The number of nitrogens with zero attached hydrogens (tertiary/aromatic N) is 2. The van der Waals surface area contributed by atoms with E-state index in [1.54, 1.807) is 12.3 Å². The Kier molecular flexibility index (Phi) is 3.32. The minimum absolute atomic E-state index is 0.0559. The van der Waals surface area contributed by atoms with Gasteiger partial charge in [0.2, 0.25) is 11.8 Å². The Morgan fingerprint density at radius 2 is 1.89 bits per heavy atom. The monoisotopic (exact) mass is 370 g/mol. The van der Waals surface area contributed by atoms with Crippen LogP contribution in [0.1, 0.15) is 26.2 Å². The van der Waals surface area contributed by atoms with Crippen molar-refractivity contribution in [1.29, 1.82) is 0 Å². The summed E-state index contributed by atoms with van der Waals surface area (Å²) in [6.45, 7) is 2.12. The van der Waals surface area contributed by atoms with Crippen molar-refractivity contribution in [2.75, 3.05) is 4.90 Å². The third-order valence-electron chi connectivity index (χ3n) is 4.25. The zero-order valence-corrected chi connectivity index (χ0v) is 12.8. The lowest BCUT2D eigenvalue weighted by Crippen LogP contribution is -2.32. The first-order valence-electron chi connectivity index (χ1n) is 6.61. The van der Waals surface area contributed by atoms with Crippen LogP contribution in [0, 0.1) is 21.3 Å². The van der Waals surface area contributed by atoms with Crippen molar-refractivity contribution < 1.29 is 9.59 Å². The van der Waals surface area contributed by atoms with E-state index in [-0.39, 0.29) is 23.7 Å². The van der Waals surface area contributed by atoms with Crippen LogP contribution in [0.15, 0.2) is 18.3 Å². The molecule has 0 aromatic carbocycles. The molecular weight excluding hydrogens is 355 g/mol. The van der Waals surface area contributed by atoms with Crippen LogP contribution in [-0.2, 0) is 9.59 Å². The van der Waals surface area contributed by atoms with Gasteiger partial charge >= 0.3 is 0 Å². The van der Waals surface area contributed by atoms with Crippen molar-refractivity contribution in [2.24, 2.45) is 17.8 Å². The topological polar surface area (TPSA) is 50.3 Å². The molecule has 1 saturated carbocycles. The van der Waals surface area contributed by atoms with Gasteiger partial charge in [-0.25, -0.2) is 9.88 Å². The molecule has 3 rings (SSSR count). The van der Waals surface area contributed by atoms with Crippen LogP contribution in [0.3, 0.4) is 0 Å². The first-order chi connectivity index (χ1) is 9.11. The van der Waals surface area contributed by atoms with Crippen LogP contribution < -0.4 is 4.90 Å². The molecule has 2 fully saturated rings. The molecule has 2 unspecified atom stereocenters. The molecule has 1 aliphatic heterocycles. The second kappa shape index (κ2) is 4.85. The van der Waals surface area contributed by atoms with E-state index >= 15 is 0 Å². The smallest absolute Gasteiger partial charge is 0.238 e. The highest BCUT2D eigenvalue weighted by Gasteiger charge is 2.53. The Morgan fingerprint density at radius 3 is 2.37 bits per heavy atom. The third-order valence-corrected chi connectivity index (χ3v) is 4.89. The molecule has 1 aromatic rings. The predicted octanol–water partition coefficient (Wildman–Crippen LogP) is 2.61. The molecule has 0 bridgehead atoms. The van der Waals surface area contributed by atoms with Crippen molar-refractivity contribution in [1.82, 2.24) is 4.98 Å². The molecule has 100 valence electrons. The van der Waals surface area contributed by atoms with E-state index in [2.05, 4.69) is 34.5 Å². The number of pyridine rings is 1. The van der Waals surface area contributed by atoms with Crippen molar-refractivity contribution in [3.05, 3.63) is 21.9 Å². The lowest BCUT2D eigenvalue weighted by Gasteiger charge is -2.16. The van der Waals surface area contributed by atoms with Gasteiger partial charge in [0.1, 0.15) is 5.82 Å². The summed E-state index contributed by atoms with van der Waals surface area (Å²) >= 11 is 2.15. The molecule has 5 heteroatoms. The number of hydrogen-bond acceptors (Lipinski definition) is 3. The highest BCUT2D eigenvalue weighted by molar-refractivity contribution is 14.1. The summed E-state index contributed by atoms with van der Waals surface area (Å²) in [7, 11) is 0. The van der Waals surface area contributed by atoms with Gasteiger partial charge in [0.05, 0.1) is 11.8 Å². The highest BCUT2D eigenvalue weighted by atomic mass is 127. The first kappa shape index (κ1) is 13.0. The number of carbonyl (C=O) groups is 2. The van der Waals surface area contributed by atoms with E-state index in [1.807, 2.05) is 6.07 Å². The summed E-state index contributed by atoms with van der Waals surface area (Å²) in [5.74, 6) is 0.656. The zero-order chi connectivity index (χ0) is 13.6. The lowest BCUT2D eigenvalue weighted by molar-refractivity contribution is -0.123. The Balaban J connectivity index is 1.88. The molecule has 0 radical (unpaired) electrons. The molecule has 2 atom stereocenters. The minimum Gasteiger partial charge on any atom is -0.274 e. The quantitative estimate of drug-likeness (QED) is 0.594. The van der Waals surface area contributed by atoms with Crippen molar-refractivity contribution in [2.45, 2.75) is 26.2 Å². The lowest BCUT2D eigenvalue weighted by atomic mass is 10.00. The molecule has 0 spiro atoms. The largest absolute Gasteiger partial charge is 0.274 e. The molecule has 1 aliphatic carbocycles. The van der Waals surface area contributed by atoms with Gasteiger partial charge in [-0.05, 0) is 53.5 Å². The SMILES string of the molecule is CCC1CC2C(=O)N(c3ccc(I)cn3)C(=O)C2C1. The Morgan fingerprint density at radius 1 is 1.26 bits per heavy atom. The molecular formula is C14H15IN2O2. The number of hydrogen-bond donors (Lipinski definition) is 0. The number of imide groups is 1. The van der Waals surface area contributed by atoms with Crippen LogP contribution in [0.4, 0.5) is 5.82 Å². The number of rotatable bonds is 2. The van der Waals surface area contributed by atoms with Crippen molar-refractivity contribution in [3.8, 4) is 0 Å². The summed E-state index contributed by atoms with van der Waals surface area (Å²) < 4.78 is 0.992. The number of anilines is 1. The molecule has 19 heavy (non-hydrogen) atoms. The molecule has 2 aliphatic rings. The van der Waals surface area contributed by atoms with Crippen molar-refractivity contribution >= 4 is 40.2 Å². The van der Waals surface area contributed by atoms with Gasteiger partial charge in [-0.15, -0.1) is 0 Å². The second-order valence-corrected chi connectivity index (χ2v) is 6.55. The van der Waals surface area contributed by atoms with E-state index in [0.717, 1.165) is 22.8 Å². The van der Waals surface area contributed by atoms with Gasteiger partial charge in [-0.1, -0.05) is 13.3 Å². The predicted molar refractivity (Wildman–Crippen MR) is 79.4 cm³/mol. The number of aromatic nitrogens is 1. The number of halogens is 1. The van der Waals surface area contributed by atoms with E-state index in [4.69, 9.17) is 0 Å². The summed E-state index contributed by atoms with van der Waals surface area (Å²) in [4.78, 5) is 30.3. The minimum atomic E-state index is -0.112. The third kappa shape index (κ3) is 2.07. The molecule has 2 amide bonds. The van der Waals surface area contributed by atoms with Gasteiger partial charge in [0, 0.05) is 9.77 Å². The number of carbonyl (C=O) groups excluding carboxylic acids is 2. The number of amides is 2. The number of fused-ring (bicyclic) bond motifs is 1. The van der Waals surface area contributed by atoms with Gasteiger partial charge < -0.3 is 0 Å². The average Bonchev–Trinajstić information content (AvgIpc) is 2.93. The van der Waals surface area contributed by atoms with Gasteiger partial charge in [-0.2, -0.15) is 0 Å². The van der Waals surface area contributed by atoms with Gasteiger partial charge in [0.15, 0.2) is 0 Å². The van der Waals surface area contributed by atoms with Crippen LogP contribution in [0.2, 0.25) is 0 Å². The van der Waals surface area contributed by atoms with Crippen LogP contribution in [0.5, 0.6) is 0 Å². The molecule has 2 heterocycles. The van der Waals surface area contributed by atoms with E-state index in [0.29, 0.717) is 11.7 Å². The van der Waals surface area contributed by atoms with Crippen LogP contribution in [-0.4, -0.2) is 16.8 Å². The van der Waals surface area contributed by atoms with Crippen molar-refractivity contribution in [3.63, 3.8) is 0 Å². The summed E-state index contributed by atoms with van der Waals surface area (Å²) in [5.41, 5.74) is 0. The van der Waals surface area contributed by atoms with E-state index in [9.17, 15) is 9.59 Å². The maximum Gasteiger partial charge on any atom is 0.238 e. The molecule has 1 aromatic heterocycles. The Hall–Kier alpha value is -0.980. The van der Waals surface area contributed by atoms with Gasteiger partial charge in [0.25, 0.3) is 0 Å². The fraction of sp³-hybridized carbons (Fsp3) is 0.500. The van der Waals surface area contributed by atoms with Gasteiger partial charge in [-0.3, -0.25) is 9.59 Å². The maximum atomic E-state index is 12.4. The van der Waals surface area contributed by atoms with Crippen LogP contribution >= 0.6 is 22.6 Å². The molecule has 4 nitrogen and oxygen atoms in total. The Labute approximate surface area is 125 Å². The average molecular weight is 370 g/mol. The summed E-state index contributed by atoms with van der Waals surface area (Å²) in [6.07, 6.45) is 4.44. The molecule has 0 N–H and O–H groups in total. The highest BCUT2D eigenvalue weighted by Crippen LogP contribution is 2.45.